The molecular weight excluding hydrogens is 300 g/mol. The monoisotopic (exact) mass is 320 g/mol. The maximum absolute atomic E-state index is 12.9. The number of ether oxygens (including phenoxy) is 1. The molecule has 0 amide bonds. The lowest BCUT2D eigenvalue weighted by Gasteiger charge is -2.39. The first-order chi connectivity index (χ1) is 10.7. The fraction of sp³-hybridized carbons (Fsp3) is 0.625. The lowest BCUT2D eigenvalue weighted by Crippen LogP contribution is -2.50. The molecule has 22 heavy (non-hydrogen) atoms. The zero-order valence-corrected chi connectivity index (χ0v) is 13.3. The van der Waals surface area contributed by atoms with Gasteiger partial charge in [-0.15, -0.1) is 11.3 Å². The van der Waals surface area contributed by atoms with Crippen LogP contribution >= 0.6 is 11.3 Å². The maximum Gasteiger partial charge on any atom is 0.262 e. The molecular formula is C16H20N2O3S. The van der Waals surface area contributed by atoms with E-state index in [1.807, 2.05) is 0 Å². The standard InChI is InChI=1S/C16H20N2O3S/c19-7-16(8-21-9-16)6-18-10-17-14-13(15(18)20)11-4-2-1-3-5-12(11)22-14/h10,19H,1-9H2. The fourth-order valence-electron chi connectivity index (χ4n) is 3.46. The van der Waals surface area contributed by atoms with Crippen molar-refractivity contribution in [3.05, 3.63) is 27.1 Å². The highest BCUT2D eigenvalue weighted by Crippen LogP contribution is 2.33. The van der Waals surface area contributed by atoms with E-state index < -0.39 is 0 Å². The SMILES string of the molecule is O=c1c2c3c(sc2ncn1CC1(CO)COC1)CCCCC3. The van der Waals surface area contributed by atoms with Crippen LogP contribution in [0.5, 0.6) is 0 Å². The van der Waals surface area contributed by atoms with Crippen molar-refractivity contribution < 1.29 is 9.84 Å². The van der Waals surface area contributed by atoms with Crippen molar-refractivity contribution >= 4 is 21.6 Å². The van der Waals surface area contributed by atoms with Crippen LogP contribution in [0.15, 0.2) is 11.1 Å². The molecule has 1 aliphatic heterocycles. The number of aromatic nitrogens is 2. The Morgan fingerprint density at radius 3 is 2.86 bits per heavy atom. The van der Waals surface area contributed by atoms with Crippen molar-refractivity contribution in [3.63, 3.8) is 0 Å². The second-order valence-corrected chi connectivity index (χ2v) is 7.66. The van der Waals surface area contributed by atoms with Crippen molar-refractivity contribution in [2.45, 2.75) is 38.6 Å². The highest BCUT2D eigenvalue weighted by molar-refractivity contribution is 7.18. The van der Waals surface area contributed by atoms with E-state index in [1.165, 1.54) is 23.3 Å². The molecule has 0 bridgehead atoms. The third kappa shape index (κ3) is 2.21. The van der Waals surface area contributed by atoms with Crippen LogP contribution in [0.2, 0.25) is 0 Å². The Morgan fingerprint density at radius 1 is 1.32 bits per heavy atom. The fourth-order valence-corrected chi connectivity index (χ4v) is 4.67. The number of hydrogen-bond donors (Lipinski definition) is 1. The number of nitrogens with zero attached hydrogens (tertiary/aromatic N) is 2. The Bertz CT molecular complexity index is 755. The largest absolute Gasteiger partial charge is 0.396 e. The van der Waals surface area contributed by atoms with E-state index in [0.29, 0.717) is 19.8 Å². The zero-order valence-electron chi connectivity index (χ0n) is 12.5. The smallest absolute Gasteiger partial charge is 0.262 e. The minimum atomic E-state index is -0.313. The molecule has 2 aromatic rings. The molecule has 0 unspecified atom stereocenters. The predicted octanol–water partition coefficient (Wildman–Crippen LogP) is 1.74. The average molecular weight is 320 g/mol. The molecule has 3 heterocycles. The van der Waals surface area contributed by atoms with Gasteiger partial charge in [0.05, 0.1) is 36.9 Å². The van der Waals surface area contributed by atoms with Gasteiger partial charge in [0.1, 0.15) is 4.83 Å². The van der Waals surface area contributed by atoms with Crippen molar-refractivity contribution in [2.24, 2.45) is 5.41 Å². The van der Waals surface area contributed by atoms with Crippen LogP contribution in [0.4, 0.5) is 0 Å². The Hall–Kier alpha value is -1.24. The van der Waals surface area contributed by atoms with Crippen molar-refractivity contribution in [3.8, 4) is 0 Å². The topological polar surface area (TPSA) is 64.4 Å². The van der Waals surface area contributed by atoms with E-state index in [9.17, 15) is 9.90 Å². The molecule has 2 aliphatic rings. The first kappa shape index (κ1) is 14.4. The van der Waals surface area contributed by atoms with Gasteiger partial charge < -0.3 is 9.84 Å². The predicted molar refractivity (Wildman–Crippen MR) is 85.5 cm³/mol. The molecule has 0 aromatic carbocycles. The summed E-state index contributed by atoms with van der Waals surface area (Å²) in [6.07, 6.45) is 7.30. The van der Waals surface area contributed by atoms with Gasteiger partial charge in [-0.1, -0.05) is 6.42 Å². The summed E-state index contributed by atoms with van der Waals surface area (Å²) in [4.78, 5) is 19.6. The minimum absolute atomic E-state index is 0.0409. The number of hydrogen-bond acceptors (Lipinski definition) is 5. The first-order valence-electron chi connectivity index (χ1n) is 7.91. The van der Waals surface area contributed by atoms with Crippen LogP contribution in [0.25, 0.3) is 10.2 Å². The lowest BCUT2D eigenvalue weighted by atomic mass is 9.87. The van der Waals surface area contributed by atoms with Gasteiger partial charge in [-0.05, 0) is 31.2 Å². The lowest BCUT2D eigenvalue weighted by molar-refractivity contribution is -0.145. The van der Waals surface area contributed by atoms with Gasteiger partial charge in [0.15, 0.2) is 0 Å². The summed E-state index contributed by atoms with van der Waals surface area (Å²) < 4.78 is 6.89. The summed E-state index contributed by atoms with van der Waals surface area (Å²) in [5.74, 6) is 0. The molecule has 0 spiro atoms. The summed E-state index contributed by atoms with van der Waals surface area (Å²) in [5, 5.41) is 10.4. The van der Waals surface area contributed by atoms with E-state index in [0.717, 1.165) is 29.5 Å². The molecule has 1 aliphatic carbocycles. The van der Waals surface area contributed by atoms with Crippen LogP contribution in [-0.2, 0) is 24.1 Å². The highest BCUT2D eigenvalue weighted by Gasteiger charge is 2.39. The summed E-state index contributed by atoms with van der Waals surface area (Å²) in [6.45, 7) is 1.54. The Balaban J connectivity index is 1.79. The van der Waals surface area contributed by atoms with Crippen molar-refractivity contribution in [2.75, 3.05) is 19.8 Å². The zero-order chi connectivity index (χ0) is 15.2. The van der Waals surface area contributed by atoms with E-state index in [1.54, 1.807) is 22.2 Å². The van der Waals surface area contributed by atoms with Gasteiger partial charge in [-0.2, -0.15) is 0 Å². The molecule has 4 rings (SSSR count). The molecule has 1 saturated heterocycles. The highest BCUT2D eigenvalue weighted by atomic mass is 32.1. The number of rotatable bonds is 3. The third-order valence-electron chi connectivity index (χ3n) is 4.85. The molecule has 0 atom stereocenters. The molecule has 6 heteroatoms. The quantitative estimate of drug-likeness (QED) is 0.875. The summed E-state index contributed by atoms with van der Waals surface area (Å²) in [6, 6.07) is 0. The van der Waals surface area contributed by atoms with E-state index in [-0.39, 0.29) is 17.6 Å². The molecule has 1 fully saturated rings. The second-order valence-electron chi connectivity index (χ2n) is 6.57. The van der Waals surface area contributed by atoms with E-state index in [4.69, 9.17) is 4.74 Å². The van der Waals surface area contributed by atoms with Crippen LogP contribution in [0, 0.1) is 5.41 Å². The van der Waals surface area contributed by atoms with E-state index >= 15 is 0 Å². The number of fused-ring (bicyclic) bond motifs is 3. The second kappa shape index (κ2) is 5.44. The van der Waals surface area contributed by atoms with Gasteiger partial charge in [0.2, 0.25) is 0 Å². The molecule has 1 N–H and O–H groups in total. The molecule has 118 valence electrons. The number of thiophene rings is 1. The van der Waals surface area contributed by atoms with Crippen LogP contribution in [-0.4, -0.2) is 34.5 Å². The Labute approximate surface area is 132 Å². The number of aliphatic hydroxyl groups is 1. The van der Waals surface area contributed by atoms with Crippen LogP contribution in [0.3, 0.4) is 0 Å². The third-order valence-corrected chi connectivity index (χ3v) is 6.05. The average Bonchev–Trinajstić information content (AvgIpc) is 2.68. The maximum atomic E-state index is 12.9. The Kier molecular flexibility index (Phi) is 3.55. The molecule has 5 nitrogen and oxygen atoms in total. The van der Waals surface area contributed by atoms with Gasteiger partial charge in [0.25, 0.3) is 5.56 Å². The first-order valence-corrected chi connectivity index (χ1v) is 8.72. The van der Waals surface area contributed by atoms with Gasteiger partial charge in [0, 0.05) is 11.4 Å². The van der Waals surface area contributed by atoms with Crippen LogP contribution < -0.4 is 5.56 Å². The van der Waals surface area contributed by atoms with E-state index in [2.05, 4.69) is 4.98 Å². The van der Waals surface area contributed by atoms with Gasteiger partial charge in [-0.25, -0.2) is 4.98 Å². The molecule has 0 saturated carbocycles. The van der Waals surface area contributed by atoms with Crippen molar-refractivity contribution in [1.82, 2.24) is 9.55 Å². The molecule has 0 radical (unpaired) electrons. The van der Waals surface area contributed by atoms with Crippen molar-refractivity contribution in [1.29, 1.82) is 0 Å². The normalized spacial score (nSPS) is 20.4. The van der Waals surface area contributed by atoms with Gasteiger partial charge >= 0.3 is 0 Å². The summed E-state index contributed by atoms with van der Waals surface area (Å²) >= 11 is 1.68. The molecule has 2 aromatic heterocycles. The summed E-state index contributed by atoms with van der Waals surface area (Å²) in [5.41, 5.74) is 0.961. The number of aryl methyl sites for hydroxylation is 2. The minimum Gasteiger partial charge on any atom is -0.396 e. The number of aliphatic hydroxyl groups excluding tert-OH is 1. The van der Waals surface area contributed by atoms with Gasteiger partial charge in [-0.3, -0.25) is 9.36 Å². The summed E-state index contributed by atoms with van der Waals surface area (Å²) in [7, 11) is 0. The van der Waals surface area contributed by atoms with Crippen LogP contribution in [0.1, 0.15) is 29.7 Å². The Morgan fingerprint density at radius 2 is 2.14 bits per heavy atom.